The first kappa shape index (κ1) is 13.7. The van der Waals surface area contributed by atoms with Crippen LogP contribution in [0.4, 0.5) is 5.82 Å². The van der Waals surface area contributed by atoms with Crippen molar-refractivity contribution in [2.75, 3.05) is 25.0 Å². The molecule has 6 nitrogen and oxygen atoms in total. The van der Waals surface area contributed by atoms with Crippen LogP contribution in [0.15, 0.2) is 28.9 Å². The van der Waals surface area contributed by atoms with Gasteiger partial charge in [0, 0.05) is 25.2 Å². The molecule has 116 valence electrons. The van der Waals surface area contributed by atoms with E-state index < -0.39 is 0 Å². The summed E-state index contributed by atoms with van der Waals surface area (Å²) in [6.45, 7) is 3.94. The van der Waals surface area contributed by atoms with Crippen molar-refractivity contribution in [3.05, 3.63) is 36.1 Å². The predicted octanol–water partition coefficient (Wildman–Crippen LogP) is 2.28. The SMILES string of the molecule is c1ccc(NC[C@H]2CCN(Cc3noc(C4CC4)n3)C2)nc1. The van der Waals surface area contributed by atoms with E-state index in [2.05, 4.69) is 25.3 Å². The highest BCUT2D eigenvalue weighted by molar-refractivity contribution is 5.33. The number of hydrogen-bond acceptors (Lipinski definition) is 6. The Bertz CT molecular complexity index is 610. The summed E-state index contributed by atoms with van der Waals surface area (Å²) < 4.78 is 5.32. The van der Waals surface area contributed by atoms with Gasteiger partial charge in [0.05, 0.1) is 6.54 Å². The Morgan fingerprint density at radius 2 is 2.23 bits per heavy atom. The van der Waals surface area contributed by atoms with Crippen LogP contribution in [0.3, 0.4) is 0 Å². The van der Waals surface area contributed by atoms with Gasteiger partial charge in [0.2, 0.25) is 5.89 Å². The van der Waals surface area contributed by atoms with E-state index in [1.807, 2.05) is 24.4 Å². The van der Waals surface area contributed by atoms with Gasteiger partial charge in [0.25, 0.3) is 0 Å². The molecule has 2 aliphatic rings. The second kappa shape index (κ2) is 6.04. The molecule has 1 aliphatic heterocycles. The molecule has 0 radical (unpaired) electrons. The standard InChI is InChI=1S/C16H21N5O/c1-2-7-17-14(3-1)18-9-12-6-8-21(10-12)11-15-19-16(22-20-15)13-4-5-13/h1-3,7,12-13H,4-6,8-11H2,(H,17,18)/t12-/m1/s1. The van der Waals surface area contributed by atoms with Gasteiger partial charge in [-0.15, -0.1) is 0 Å². The summed E-state index contributed by atoms with van der Waals surface area (Å²) in [5, 5.41) is 7.52. The fourth-order valence-corrected chi connectivity index (χ4v) is 2.97. The average Bonchev–Trinajstić information content (AvgIpc) is 3.14. The molecule has 1 aliphatic carbocycles. The number of likely N-dealkylation sites (tertiary alicyclic amines) is 1. The van der Waals surface area contributed by atoms with Crippen molar-refractivity contribution in [1.29, 1.82) is 0 Å². The molecule has 4 rings (SSSR count). The van der Waals surface area contributed by atoms with Crippen molar-refractivity contribution in [3.63, 3.8) is 0 Å². The molecule has 3 heterocycles. The highest BCUT2D eigenvalue weighted by atomic mass is 16.5. The summed E-state index contributed by atoms with van der Waals surface area (Å²) >= 11 is 0. The maximum atomic E-state index is 5.32. The topological polar surface area (TPSA) is 67.1 Å². The first-order valence-electron chi connectivity index (χ1n) is 8.06. The van der Waals surface area contributed by atoms with Crippen molar-refractivity contribution in [1.82, 2.24) is 20.0 Å². The second-order valence-electron chi connectivity index (χ2n) is 6.31. The third-order valence-corrected chi connectivity index (χ3v) is 4.38. The Hall–Kier alpha value is -1.95. The van der Waals surface area contributed by atoms with Crippen LogP contribution in [0.1, 0.15) is 36.9 Å². The largest absolute Gasteiger partial charge is 0.370 e. The third-order valence-electron chi connectivity index (χ3n) is 4.38. The minimum absolute atomic E-state index is 0.537. The van der Waals surface area contributed by atoms with Crippen LogP contribution in [0.2, 0.25) is 0 Å². The molecule has 0 unspecified atom stereocenters. The molecule has 1 atom stereocenters. The molecule has 2 aromatic heterocycles. The number of rotatable bonds is 6. The van der Waals surface area contributed by atoms with Crippen LogP contribution in [-0.4, -0.2) is 39.7 Å². The first-order chi connectivity index (χ1) is 10.9. The van der Waals surface area contributed by atoms with E-state index in [9.17, 15) is 0 Å². The van der Waals surface area contributed by atoms with Crippen LogP contribution in [0.5, 0.6) is 0 Å². The minimum atomic E-state index is 0.537. The van der Waals surface area contributed by atoms with Crippen molar-refractivity contribution in [3.8, 4) is 0 Å². The highest BCUT2D eigenvalue weighted by Gasteiger charge is 2.30. The molecule has 0 aromatic carbocycles. The van der Waals surface area contributed by atoms with Gasteiger partial charge in [0.1, 0.15) is 5.82 Å². The Morgan fingerprint density at radius 3 is 3.05 bits per heavy atom. The zero-order chi connectivity index (χ0) is 14.8. The maximum Gasteiger partial charge on any atom is 0.229 e. The molecule has 0 bridgehead atoms. The van der Waals surface area contributed by atoms with Gasteiger partial charge in [-0.25, -0.2) is 4.98 Å². The maximum absolute atomic E-state index is 5.32. The lowest BCUT2D eigenvalue weighted by atomic mass is 10.1. The third kappa shape index (κ3) is 3.27. The van der Waals surface area contributed by atoms with Gasteiger partial charge in [-0.05, 0) is 43.9 Å². The van der Waals surface area contributed by atoms with E-state index in [-0.39, 0.29) is 0 Å². The lowest BCUT2D eigenvalue weighted by Gasteiger charge is -2.14. The van der Waals surface area contributed by atoms with Gasteiger partial charge >= 0.3 is 0 Å². The summed E-state index contributed by atoms with van der Waals surface area (Å²) in [6.07, 6.45) is 5.42. The molecule has 1 saturated carbocycles. The quantitative estimate of drug-likeness (QED) is 0.882. The van der Waals surface area contributed by atoms with E-state index >= 15 is 0 Å². The van der Waals surface area contributed by atoms with Crippen LogP contribution < -0.4 is 5.32 Å². The van der Waals surface area contributed by atoms with Crippen molar-refractivity contribution >= 4 is 5.82 Å². The Labute approximate surface area is 129 Å². The van der Waals surface area contributed by atoms with Crippen molar-refractivity contribution < 1.29 is 4.52 Å². The van der Waals surface area contributed by atoms with E-state index in [1.165, 1.54) is 19.3 Å². The molecule has 1 saturated heterocycles. The Kier molecular flexibility index (Phi) is 3.76. The number of pyridine rings is 1. The molecular weight excluding hydrogens is 278 g/mol. The van der Waals surface area contributed by atoms with Gasteiger partial charge in [-0.1, -0.05) is 11.2 Å². The van der Waals surface area contributed by atoms with Crippen molar-refractivity contribution in [2.24, 2.45) is 5.92 Å². The van der Waals surface area contributed by atoms with E-state index in [1.54, 1.807) is 0 Å². The molecule has 0 amide bonds. The number of hydrogen-bond donors (Lipinski definition) is 1. The molecule has 2 fully saturated rings. The smallest absolute Gasteiger partial charge is 0.229 e. The molecule has 6 heteroatoms. The Balaban J connectivity index is 1.25. The fourth-order valence-electron chi connectivity index (χ4n) is 2.97. The predicted molar refractivity (Wildman–Crippen MR) is 82.4 cm³/mol. The minimum Gasteiger partial charge on any atom is -0.370 e. The van der Waals surface area contributed by atoms with Crippen LogP contribution in [-0.2, 0) is 6.54 Å². The summed E-state index contributed by atoms with van der Waals surface area (Å²) in [6, 6.07) is 5.94. The van der Waals surface area contributed by atoms with E-state index in [4.69, 9.17) is 4.52 Å². The second-order valence-corrected chi connectivity index (χ2v) is 6.31. The molecule has 2 aromatic rings. The molecule has 0 spiro atoms. The number of aromatic nitrogens is 3. The van der Waals surface area contributed by atoms with Crippen LogP contribution >= 0.6 is 0 Å². The average molecular weight is 299 g/mol. The zero-order valence-corrected chi connectivity index (χ0v) is 12.6. The van der Waals surface area contributed by atoms with Gasteiger partial charge < -0.3 is 9.84 Å². The summed E-state index contributed by atoms with van der Waals surface area (Å²) in [5.41, 5.74) is 0. The Morgan fingerprint density at radius 1 is 1.27 bits per heavy atom. The van der Waals surface area contributed by atoms with Gasteiger partial charge in [-0.3, -0.25) is 4.90 Å². The number of nitrogens with one attached hydrogen (secondary N) is 1. The monoisotopic (exact) mass is 299 g/mol. The normalized spacial score (nSPS) is 22.1. The molecule has 22 heavy (non-hydrogen) atoms. The van der Waals surface area contributed by atoms with Crippen molar-refractivity contribution in [2.45, 2.75) is 31.7 Å². The highest BCUT2D eigenvalue weighted by Crippen LogP contribution is 2.38. The van der Waals surface area contributed by atoms with E-state index in [0.717, 1.165) is 43.7 Å². The van der Waals surface area contributed by atoms with Gasteiger partial charge in [0.15, 0.2) is 5.82 Å². The number of nitrogens with zero attached hydrogens (tertiary/aromatic N) is 4. The molecular formula is C16H21N5O. The number of anilines is 1. The lowest BCUT2D eigenvalue weighted by Crippen LogP contribution is -2.23. The summed E-state index contributed by atoms with van der Waals surface area (Å²) in [7, 11) is 0. The first-order valence-corrected chi connectivity index (χ1v) is 8.06. The zero-order valence-electron chi connectivity index (χ0n) is 12.6. The molecule has 1 N–H and O–H groups in total. The van der Waals surface area contributed by atoms with Crippen LogP contribution in [0.25, 0.3) is 0 Å². The van der Waals surface area contributed by atoms with E-state index in [0.29, 0.717) is 11.8 Å². The van der Waals surface area contributed by atoms with Gasteiger partial charge in [-0.2, -0.15) is 4.98 Å². The van der Waals surface area contributed by atoms with Crippen LogP contribution in [0, 0.1) is 5.92 Å². The fraction of sp³-hybridized carbons (Fsp3) is 0.562. The summed E-state index contributed by atoms with van der Waals surface area (Å²) in [5.74, 6) is 3.81. The summed E-state index contributed by atoms with van der Waals surface area (Å²) in [4.78, 5) is 11.2. The lowest BCUT2D eigenvalue weighted by molar-refractivity contribution is 0.300.